The van der Waals surface area contributed by atoms with Gasteiger partial charge in [0.05, 0.1) is 12.2 Å². The number of fused-ring (bicyclic) bond motifs is 1. The van der Waals surface area contributed by atoms with Crippen molar-refractivity contribution in [2.75, 3.05) is 54.8 Å². The molecule has 2 aliphatic rings. The minimum atomic E-state index is -0.235. The number of hydrogen-bond donors (Lipinski definition) is 1. The number of amides is 3. The van der Waals surface area contributed by atoms with Crippen LogP contribution in [-0.4, -0.2) is 66.8 Å². The number of benzene rings is 1. The first-order valence-corrected chi connectivity index (χ1v) is 11.3. The molecule has 30 heavy (non-hydrogen) atoms. The van der Waals surface area contributed by atoms with Crippen molar-refractivity contribution in [3.63, 3.8) is 0 Å². The van der Waals surface area contributed by atoms with Gasteiger partial charge in [0.2, 0.25) is 5.91 Å². The van der Waals surface area contributed by atoms with Gasteiger partial charge in [0, 0.05) is 49.9 Å². The fourth-order valence-electron chi connectivity index (χ4n) is 3.98. The molecule has 0 atom stereocenters. The third kappa shape index (κ3) is 4.38. The fourth-order valence-corrected chi connectivity index (χ4v) is 5.07. The summed E-state index contributed by atoms with van der Waals surface area (Å²) in [5, 5.41) is 3.71. The SMILES string of the molecule is Cc1cc(C)c2c(n1)SCCN2C(=O)NCC(=O)N1CCN(c2ccccc2)CC1. The van der Waals surface area contributed by atoms with Crippen molar-refractivity contribution in [3.8, 4) is 0 Å². The van der Waals surface area contributed by atoms with Gasteiger partial charge < -0.3 is 15.1 Å². The molecule has 0 aliphatic carbocycles. The zero-order valence-electron chi connectivity index (χ0n) is 17.4. The van der Waals surface area contributed by atoms with Gasteiger partial charge in [0.15, 0.2) is 0 Å². The van der Waals surface area contributed by atoms with Crippen molar-refractivity contribution >= 4 is 35.1 Å². The van der Waals surface area contributed by atoms with Crippen LogP contribution in [0.2, 0.25) is 0 Å². The second-order valence-electron chi connectivity index (χ2n) is 7.60. The number of pyridine rings is 1. The van der Waals surface area contributed by atoms with E-state index < -0.39 is 0 Å². The molecular formula is C22H27N5O2S. The molecule has 158 valence electrons. The van der Waals surface area contributed by atoms with E-state index in [1.807, 2.05) is 43.0 Å². The molecule has 1 fully saturated rings. The summed E-state index contributed by atoms with van der Waals surface area (Å²) in [6, 6.07) is 12.0. The summed E-state index contributed by atoms with van der Waals surface area (Å²) in [5.74, 6) is 0.757. The summed E-state index contributed by atoms with van der Waals surface area (Å²) in [4.78, 5) is 35.9. The molecule has 0 unspecified atom stereocenters. The van der Waals surface area contributed by atoms with Crippen LogP contribution in [0.15, 0.2) is 41.4 Å². The number of carbonyl (C=O) groups excluding carboxylic acids is 2. The lowest BCUT2D eigenvalue weighted by Crippen LogP contribution is -2.52. The van der Waals surface area contributed by atoms with Gasteiger partial charge >= 0.3 is 6.03 Å². The smallest absolute Gasteiger partial charge is 0.322 e. The van der Waals surface area contributed by atoms with Crippen LogP contribution < -0.4 is 15.1 Å². The Hall–Kier alpha value is -2.74. The molecule has 1 saturated heterocycles. The van der Waals surface area contributed by atoms with E-state index in [2.05, 4.69) is 27.3 Å². The monoisotopic (exact) mass is 425 g/mol. The highest BCUT2D eigenvalue weighted by Crippen LogP contribution is 2.36. The van der Waals surface area contributed by atoms with Gasteiger partial charge in [-0.3, -0.25) is 9.69 Å². The molecule has 0 spiro atoms. The van der Waals surface area contributed by atoms with Crippen molar-refractivity contribution in [2.45, 2.75) is 18.9 Å². The Bertz CT molecular complexity index is 929. The molecule has 0 radical (unpaired) electrons. The average Bonchev–Trinajstić information content (AvgIpc) is 2.77. The number of carbonyl (C=O) groups is 2. The topological polar surface area (TPSA) is 68.8 Å². The van der Waals surface area contributed by atoms with Gasteiger partial charge in [-0.2, -0.15) is 0 Å². The second kappa shape index (κ2) is 8.95. The van der Waals surface area contributed by atoms with E-state index in [1.165, 1.54) is 5.69 Å². The van der Waals surface area contributed by atoms with Gasteiger partial charge in [-0.05, 0) is 37.6 Å². The van der Waals surface area contributed by atoms with Crippen LogP contribution in [0.25, 0.3) is 0 Å². The first-order valence-electron chi connectivity index (χ1n) is 10.3. The predicted octanol–water partition coefficient (Wildman–Crippen LogP) is 2.67. The summed E-state index contributed by atoms with van der Waals surface area (Å²) in [5.41, 5.74) is 4.02. The third-order valence-corrected chi connectivity index (χ3v) is 6.44. The molecule has 3 amide bonds. The van der Waals surface area contributed by atoms with Crippen molar-refractivity contribution in [2.24, 2.45) is 0 Å². The number of nitrogens with zero attached hydrogens (tertiary/aromatic N) is 4. The molecular weight excluding hydrogens is 398 g/mol. The summed E-state index contributed by atoms with van der Waals surface area (Å²) in [6.07, 6.45) is 0. The fraction of sp³-hybridized carbons (Fsp3) is 0.409. The quantitative estimate of drug-likeness (QED) is 0.819. The lowest BCUT2D eigenvalue weighted by molar-refractivity contribution is -0.130. The Labute approximate surface area is 181 Å². The lowest BCUT2D eigenvalue weighted by Gasteiger charge is -2.36. The zero-order chi connectivity index (χ0) is 21.1. The molecule has 1 aromatic carbocycles. The van der Waals surface area contributed by atoms with E-state index >= 15 is 0 Å². The van der Waals surface area contributed by atoms with E-state index in [1.54, 1.807) is 16.7 Å². The van der Waals surface area contributed by atoms with Crippen LogP contribution in [-0.2, 0) is 4.79 Å². The first kappa shape index (κ1) is 20.5. The number of hydrogen-bond acceptors (Lipinski definition) is 5. The Kier molecular flexibility index (Phi) is 6.13. The van der Waals surface area contributed by atoms with Crippen LogP contribution in [0.4, 0.5) is 16.2 Å². The molecule has 7 nitrogen and oxygen atoms in total. The number of rotatable bonds is 3. The highest BCUT2D eigenvalue weighted by Gasteiger charge is 2.27. The number of urea groups is 1. The number of nitrogens with one attached hydrogen (secondary N) is 1. The predicted molar refractivity (Wildman–Crippen MR) is 120 cm³/mol. The number of aromatic nitrogens is 1. The van der Waals surface area contributed by atoms with Crippen molar-refractivity contribution in [3.05, 3.63) is 47.7 Å². The second-order valence-corrected chi connectivity index (χ2v) is 8.68. The van der Waals surface area contributed by atoms with E-state index in [4.69, 9.17) is 0 Å². The van der Waals surface area contributed by atoms with E-state index in [0.29, 0.717) is 19.6 Å². The van der Waals surface area contributed by atoms with Crippen molar-refractivity contribution in [1.29, 1.82) is 0 Å². The highest BCUT2D eigenvalue weighted by molar-refractivity contribution is 7.99. The van der Waals surface area contributed by atoms with Crippen LogP contribution in [0, 0.1) is 13.8 Å². The van der Waals surface area contributed by atoms with Gasteiger partial charge in [-0.25, -0.2) is 9.78 Å². The summed E-state index contributed by atoms with van der Waals surface area (Å²) < 4.78 is 0. The maximum absolute atomic E-state index is 12.8. The summed E-state index contributed by atoms with van der Waals surface area (Å²) >= 11 is 1.67. The van der Waals surface area contributed by atoms with E-state index in [-0.39, 0.29) is 18.5 Å². The van der Waals surface area contributed by atoms with Gasteiger partial charge in [0.25, 0.3) is 0 Å². The zero-order valence-corrected chi connectivity index (χ0v) is 18.2. The number of piperazine rings is 1. The minimum Gasteiger partial charge on any atom is -0.368 e. The van der Waals surface area contributed by atoms with Crippen LogP contribution in [0.3, 0.4) is 0 Å². The number of anilines is 2. The number of para-hydroxylation sites is 1. The Morgan fingerprint density at radius 3 is 2.53 bits per heavy atom. The van der Waals surface area contributed by atoms with Crippen LogP contribution >= 0.6 is 11.8 Å². The number of aryl methyl sites for hydroxylation is 2. The van der Waals surface area contributed by atoms with Gasteiger partial charge in [0.1, 0.15) is 5.03 Å². The van der Waals surface area contributed by atoms with Crippen molar-refractivity contribution < 1.29 is 9.59 Å². The molecule has 0 saturated carbocycles. The van der Waals surface area contributed by atoms with Gasteiger partial charge in [-0.1, -0.05) is 18.2 Å². The summed E-state index contributed by atoms with van der Waals surface area (Å²) in [6.45, 7) is 7.50. The third-order valence-electron chi connectivity index (χ3n) is 5.49. The van der Waals surface area contributed by atoms with Crippen molar-refractivity contribution in [1.82, 2.24) is 15.2 Å². The molecule has 1 N–H and O–H groups in total. The maximum Gasteiger partial charge on any atom is 0.322 e. The average molecular weight is 426 g/mol. The molecule has 2 aliphatic heterocycles. The minimum absolute atomic E-state index is 0.0154. The van der Waals surface area contributed by atoms with E-state index in [9.17, 15) is 9.59 Å². The normalized spacial score (nSPS) is 16.3. The lowest BCUT2D eigenvalue weighted by atomic mass is 10.2. The number of thioether (sulfide) groups is 1. The molecule has 4 rings (SSSR count). The molecule has 0 bridgehead atoms. The molecule has 1 aromatic heterocycles. The van der Waals surface area contributed by atoms with Gasteiger partial charge in [-0.15, -0.1) is 11.8 Å². The summed E-state index contributed by atoms with van der Waals surface area (Å²) in [7, 11) is 0. The largest absolute Gasteiger partial charge is 0.368 e. The molecule has 8 heteroatoms. The van der Waals surface area contributed by atoms with Crippen LogP contribution in [0.1, 0.15) is 11.3 Å². The van der Waals surface area contributed by atoms with Crippen LogP contribution in [0.5, 0.6) is 0 Å². The molecule has 2 aromatic rings. The maximum atomic E-state index is 12.8. The Morgan fingerprint density at radius 1 is 1.07 bits per heavy atom. The first-order chi connectivity index (χ1) is 14.5. The van der Waals surface area contributed by atoms with E-state index in [0.717, 1.165) is 40.8 Å². The Morgan fingerprint density at radius 2 is 1.80 bits per heavy atom. The Balaban J connectivity index is 1.32. The highest BCUT2D eigenvalue weighted by atomic mass is 32.2. The standard InChI is InChI=1S/C22H27N5O2S/c1-16-14-17(2)24-21-20(16)27(12-13-30-21)22(29)23-15-19(28)26-10-8-25(9-11-26)18-6-4-3-5-7-18/h3-7,14H,8-13,15H2,1-2H3,(H,23,29). The molecule has 3 heterocycles.